The zero-order valence-corrected chi connectivity index (χ0v) is 16.7. The highest BCUT2D eigenvalue weighted by Crippen LogP contribution is 2.17. The molecule has 5 nitrogen and oxygen atoms in total. The van der Waals surface area contributed by atoms with Gasteiger partial charge < -0.3 is 9.47 Å². The predicted molar refractivity (Wildman–Crippen MR) is 113 cm³/mol. The van der Waals surface area contributed by atoms with Crippen molar-refractivity contribution in [3.8, 4) is 5.75 Å². The molecule has 0 N–H and O–H groups in total. The average Bonchev–Trinajstić information content (AvgIpc) is 2.63. The Morgan fingerprint density at radius 3 is 1.90 bits per heavy atom. The summed E-state index contributed by atoms with van der Waals surface area (Å²) in [5, 5.41) is 0. The van der Waals surface area contributed by atoms with Crippen LogP contribution >= 0.6 is 0 Å². The molecular weight excluding hydrogens is 368 g/mol. The number of carbonyl (C=O) groups is 3. The highest BCUT2D eigenvalue weighted by Gasteiger charge is 2.08. The fourth-order valence-electron chi connectivity index (χ4n) is 2.09. The first-order valence-electron chi connectivity index (χ1n) is 8.69. The van der Waals surface area contributed by atoms with Crippen molar-refractivity contribution < 1.29 is 23.9 Å². The van der Waals surface area contributed by atoms with Crippen molar-refractivity contribution in [2.45, 2.75) is 20.3 Å². The monoisotopic (exact) mass is 392 g/mol. The zero-order valence-electron chi connectivity index (χ0n) is 16.7. The Morgan fingerprint density at radius 1 is 0.828 bits per heavy atom. The number of rotatable bonds is 10. The molecule has 0 aliphatic carbocycles. The van der Waals surface area contributed by atoms with Crippen LogP contribution in [-0.2, 0) is 14.3 Å². The molecule has 0 aromatic heterocycles. The molecule has 1 aromatic rings. The molecule has 5 heteroatoms. The average molecular weight is 392 g/mol. The maximum Gasteiger partial charge on any atom is 0.308 e. The van der Waals surface area contributed by atoms with Crippen LogP contribution in [0.2, 0.25) is 0 Å². The van der Waals surface area contributed by atoms with Gasteiger partial charge >= 0.3 is 11.9 Å². The number of hydrogen-bond acceptors (Lipinski definition) is 5. The number of ether oxygens (including phenoxy) is 2. The fourth-order valence-corrected chi connectivity index (χ4v) is 2.09. The van der Waals surface area contributed by atoms with E-state index in [-0.39, 0.29) is 18.0 Å². The fraction of sp³-hybridized carbons (Fsp3) is 0.125. The summed E-state index contributed by atoms with van der Waals surface area (Å²) in [7, 11) is 0. The number of allylic oxidation sites excluding steroid dienone is 7. The summed E-state index contributed by atoms with van der Waals surface area (Å²) in [4.78, 5) is 34.1. The highest BCUT2D eigenvalue weighted by molar-refractivity contribution is 5.97. The van der Waals surface area contributed by atoms with E-state index in [1.807, 2.05) is 0 Å². The van der Waals surface area contributed by atoms with Gasteiger partial charge in [-0.1, -0.05) is 44.5 Å². The van der Waals surface area contributed by atoms with E-state index in [1.54, 1.807) is 42.5 Å². The molecule has 0 aliphatic rings. The Labute approximate surface area is 171 Å². The zero-order chi connectivity index (χ0) is 22.0. The summed E-state index contributed by atoms with van der Waals surface area (Å²) in [5.41, 5.74) is 2.29. The van der Waals surface area contributed by atoms with Crippen LogP contribution in [0.15, 0.2) is 97.4 Å². The van der Waals surface area contributed by atoms with E-state index in [2.05, 4.69) is 26.3 Å². The predicted octanol–water partition coefficient (Wildman–Crippen LogP) is 5.04. The molecule has 0 unspecified atom stereocenters. The van der Waals surface area contributed by atoms with E-state index in [1.165, 1.54) is 19.9 Å². The molecule has 0 amide bonds. The smallest absolute Gasteiger partial charge is 0.308 e. The third kappa shape index (κ3) is 9.15. The second-order valence-electron chi connectivity index (χ2n) is 6.15. The number of Topliss-reactive ketones (excluding diaryl/α,β-unsaturated/α-hetero) is 1. The summed E-state index contributed by atoms with van der Waals surface area (Å²) < 4.78 is 9.74. The van der Waals surface area contributed by atoms with Crippen molar-refractivity contribution in [2.75, 3.05) is 0 Å². The molecule has 1 aromatic carbocycles. The number of benzene rings is 1. The summed E-state index contributed by atoms with van der Waals surface area (Å²) in [6.45, 7) is 17.8. The summed E-state index contributed by atoms with van der Waals surface area (Å²) in [6.07, 6.45) is 6.65. The molecule has 0 fully saturated rings. The largest absolute Gasteiger partial charge is 0.427 e. The van der Waals surface area contributed by atoms with Crippen molar-refractivity contribution in [2.24, 2.45) is 0 Å². The van der Waals surface area contributed by atoms with Gasteiger partial charge in [-0.3, -0.25) is 14.4 Å². The van der Waals surface area contributed by atoms with Gasteiger partial charge in [0.15, 0.2) is 5.78 Å². The Morgan fingerprint density at radius 2 is 1.38 bits per heavy atom. The van der Waals surface area contributed by atoms with Crippen molar-refractivity contribution in [3.05, 3.63) is 103 Å². The van der Waals surface area contributed by atoms with Gasteiger partial charge in [0.25, 0.3) is 0 Å². The first-order chi connectivity index (χ1) is 13.6. The topological polar surface area (TPSA) is 69.7 Å². The van der Waals surface area contributed by atoms with Crippen LogP contribution in [0, 0.1) is 0 Å². The minimum atomic E-state index is -0.453. The SMILES string of the molecule is C=C(/C=C\C(=C)C(=C)/C=C\C(=C)OC(C)=O)CC(=O)c1ccc(OC(C)=O)cc1. The number of ketones is 1. The Hall–Kier alpha value is -3.73. The van der Waals surface area contributed by atoms with Gasteiger partial charge in [-0.25, -0.2) is 0 Å². The molecule has 29 heavy (non-hydrogen) atoms. The molecule has 1 rings (SSSR count). The van der Waals surface area contributed by atoms with Crippen LogP contribution < -0.4 is 4.74 Å². The van der Waals surface area contributed by atoms with Gasteiger partial charge in [-0.05, 0) is 47.1 Å². The lowest BCUT2D eigenvalue weighted by Gasteiger charge is -2.04. The number of hydrogen-bond donors (Lipinski definition) is 0. The van der Waals surface area contributed by atoms with Gasteiger partial charge in [0.1, 0.15) is 11.5 Å². The maximum absolute atomic E-state index is 12.3. The van der Waals surface area contributed by atoms with Gasteiger partial charge in [-0.15, -0.1) is 0 Å². The molecule has 0 saturated carbocycles. The van der Waals surface area contributed by atoms with E-state index < -0.39 is 11.9 Å². The molecular formula is C24H24O5. The van der Waals surface area contributed by atoms with Crippen molar-refractivity contribution in [3.63, 3.8) is 0 Å². The van der Waals surface area contributed by atoms with Gasteiger partial charge in [0.2, 0.25) is 0 Å². The van der Waals surface area contributed by atoms with E-state index >= 15 is 0 Å². The first kappa shape index (κ1) is 23.3. The Kier molecular flexibility index (Phi) is 8.99. The maximum atomic E-state index is 12.3. The molecule has 0 heterocycles. The van der Waals surface area contributed by atoms with E-state index in [4.69, 9.17) is 9.47 Å². The molecule has 0 radical (unpaired) electrons. The molecule has 0 bridgehead atoms. The van der Waals surface area contributed by atoms with Crippen LogP contribution in [0.4, 0.5) is 0 Å². The lowest BCUT2D eigenvalue weighted by molar-refractivity contribution is -0.136. The van der Waals surface area contributed by atoms with Gasteiger partial charge in [0, 0.05) is 25.8 Å². The van der Waals surface area contributed by atoms with Crippen molar-refractivity contribution >= 4 is 17.7 Å². The van der Waals surface area contributed by atoms with Crippen LogP contribution in [0.1, 0.15) is 30.6 Å². The van der Waals surface area contributed by atoms with Crippen LogP contribution in [0.3, 0.4) is 0 Å². The number of carbonyl (C=O) groups excluding carboxylic acids is 3. The standard InChI is InChI=1S/C24H24O5/c1-16(7-8-17(2)18(3)9-10-19(4)28-20(5)25)15-24(27)22-11-13-23(14-12-22)29-21(6)26/h7-14H,1-4,15H2,5-6H3/b8-7-,10-9-. The second kappa shape index (κ2) is 11.2. The first-order valence-corrected chi connectivity index (χ1v) is 8.69. The quantitative estimate of drug-likeness (QED) is 0.183. The summed E-state index contributed by atoms with van der Waals surface area (Å²) in [5.74, 6) is -0.408. The molecule has 150 valence electrons. The van der Waals surface area contributed by atoms with E-state index in [0.29, 0.717) is 28.0 Å². The molecule has 0 saturated heterocycles. The molecule has 0 atom stereocenters. The number of esters is 2. The van der Waals surface area contributed by atoms with Gasteiger partial charge in [0.05, 0.1) is 0 Å². The lowest BCUT2D eigenvalue weighted by Crippen LogP contribution is -2.03. The molecule has 0 spiro atoms. The highest BCUT2D eigenvalue weighted by atomic mass is 16.5. The summed E-state index contributed by atoms with van der Waals surface area (Å²) in [6, 6.07) is 6.32. The van der Waals surface area contributed by atoms with Crippen LogP contribution in [0.5, 0.6) is 5.75 Å². The summed E-state index contributed by atoms with van der Waals surface area (Å²) >= 11 is 0. The van der Waals surface area contributed by atoms with E-state index in [0.717, 1.165) is 0 Å². The van der Waals surface area contributed by atoms with E-state index in [9.17, 15) is 14.4 Å². The minimum Gasteiger partial charge on any atom is -0.427 e. The van der Waals surface area contributed by atoms with Crippen LogP contribution in [-0.4, -0.2) is 17.7 Å². The van der Waals surface area contributed by atoms with Crippen LogP contribution in [0.25, 0.3) is 0 Å². The van der Waals surface area contributed by atoms with Crippen molar-refractivity contribution in [1.29, 1.82) is 0 Å². The Bertz CT molecular complexity index is 911. The third-order valence-corrected chi connectivity index (χ3v) is 3.50. The minimum absolute atomic E-state index is 0.115. The molecule has 0 aliphatic heterocycles. The second-order valence-corrected chi connectivity index (χ2v) is 6.15. The normalized spacial score (nSPS) is 10.6. The van der Waals surface area contributed by atoms with Crippen molar-refractivity contribution in [1.82, 2.24) is 0 Å². The lowest BCUT2D eigenvalue weighted by atomic mass is 10.0. The Balaban J connectivity index is 2.59. The third-order valence-electron chi connectivity index (χ3n) is 3.50. The van der Waals surface area contributed by atoms with Gasteiger partial charge in [-0.2, -0.15) is 0 Å².